The molecule has 9 heteroatoms. The zero-order chi connectivity index (χ0) is 23.7. The van der Waals surface area contributed by atoms with Gasteiger partial charge in [0.05, 0.1) is 11.0 Å². The Kier molecular flexibility index (Phi) is 7.13. The number of piperidine rings is 2. The molecule has 2 N–H and O–H groups in total. The molecule has 2 aromatic heterocycles. The number of carbonyl (C=O) groups is 1. The molecule has 1 amide bonds. The topological polar surface area (TPSA) is 80.3 Å². The Labute approximate surface area is 213 Å². The summed E-state index contributed by atoms with van der Waals surface area (Å²) in [6, 6.07) is 10.7. The van der Waals surface area contributed by atoms with Crippen LogP contribution in [0.2, 0.25) is 0 Å². The number of halogens is 1. The van der Waals surface area contributed by atoms with Crippen LogP contribution >= 0.6 is 27.7 Å². The van der Waals surface area contributed by atoms with Gasteiger partial charge in [0.2, 0.25) is 5.91 Å². The number of fused-ring (bicyclic) bond motifs is 1. The van der Waals surface area contributed by atoms with E-state index in [0.717, 1.165) is 73.6 Å². The lowest BCUT2D eigenvalue weighted by atomic mass is 9.93. The summed E-state index contributed by atoms with van der Waals surface area (Å²) in [6.45, 7) is 4.41. The van der Waals surface area contributed by atoms with Crippen LogP contribution in [0.15, 0.2) is 46.2 Å². The number of pyridine rings is 1. The summed E-state index contributed by atoms with van der Waals surface area (Å²) in [5.74, 6) is 1.05. The third-order valence-corrected chi connectivity index (χ3v) is 8.28. The van der Waals surface area contributed by atoms with Crippen molar-refractivity contribution in [1.29, 1.82) is 0 Å². The molecule has 7 nitrogen and oxygen atoms in total. The summed E-state index contributed by atoms with van der Waals surface area (Å²) in [4.78, 5) is 26.7. The molecule has 2 aliphatic heterocycles. The van der Waals surface area contributed by atoms with E-state index in [2.05, 4.69) is 59.7 Å². The average molecular weight is 544 g/mol. The van der Waals surface area contributed by atoms with Crippen LogP contribution < -0.4 is 5.73 Å². The van der Waals surface area contributed by atoms with Crippen molar-refractivity contribution < 1.29 is 4.79 Å². The van der Waals surface area contributed by atoms with Crippen LogP contribution in [-0.2, 0) is 11.3 Å². The van der Waals surface area contributed by atoms with Crippen LogP contribution in [0.25, 0.3) is 11.0 Å². The molecule has 180 valence electrons. The number of hydrogen-bond donors (Lipinski definition) is 1. The van der Waals surface area contributed by atoms with Gasteiger partial charge in [0, 0.05) is 42.3 Å². The third-order valence-electron chi connectivity index (χ3n) is 7.13. The summed E-state index contributed by atoms with van der Waals surface area (Å²) in [7, 11) is 0. The van der Waals surface area contributed by atoms with Gasteiger partial charge in [-0.05, 0) is 80.9 Å². The maximum Gasteiger partial charge on any atom is 0.225 e. The number of nitrogens with zero attached hydrogens (tertiary/aromatic N) is 5. The molecule has 0 spiro atoms. The molecule has 0 radical (unpaired) electrons. The molecule has 1 aromatic carbocycles. The number of rotatable bonds is 5. The number of benzene rings is 1. The minimum Gasteiger partial charge on any atom is -0.384 e. The fourth-order valence-electron chi connectivity index (χ4n) is 5.34. The Bertz CT molecular complexity index is 1170. The smallest absolute Gasteiger partial charge is 0.225 e. The van der Waals surface area contributed by atoms with Gasteiger partial charge in [-0.3, -0.25) is 9.69 Å². The maximum atomic E-state index is 13.3. The Morgan fingerprint density at radius 3 is 2.59 bits per heavy atom. The molecular formula is C25H31BrN6OS. The number of amides is 1. The number of thioether (sulfide) groups is 1. The van der Waals surface area contributed by atoms with Crippen molar-refractivity contribution in [2.24, 2.45) is 5.92 Å². The molecule has 0 aliphatic carbocycles. The molecule has 5 rings (SSSR count). The van der Waals surface area contributed by atoms with Crippen LogP contribution in [0, 0.1) is 5.92 Å². The van der Waals surface area contributed by atoms with E-state index in [-0.39, 0.29) is 5.92 Å². The standard InChI is InChI=1S/C25H31BrN6OS/c1-34-25-29-21-15-19(26)2-3-22(21)32(25)20-7-12-31(13-8-20)24(33)18-5-10-30(11-6-18)16-17-4-9-28-23(27)14-17/h2-4,9,14-15,18,20H,5-8,10-13,16H2,1H3,(H2,27,28). The predicted octanol–water partition coefficient (Wildman–Crippen LogP) is 4.57. The lowest BCUT2D eigenvalue weighted by molar-refractivity contribution is -0.138. The summed E-state index contributed by atoms with van der Waals surface area (Å²) < 4.78 is 3.44. The molecule has 2 fully saturated rings. The van der Waals surface area contributed by atoms with Crippen LogP contribution in [-0.4, -0.2) is 62.7 Å². The molecule has 34 heavy (non-hydrogen) atoms. The van der Waals surface area contributed by atoms with Gasteiger partial charge in [0.15, 0.2) is 5.16 Å². The fourth-order valence-corrected chi connectivity index (χ4v) is 6.32. The highest BCUT2D eigenvalue weighted by molar-refractivity contribution is 9.10. The zero-order valence-electron chi connectivity index (χ0n) is 19.5. The molecule has 0 atom stereocenters. The fraction of sp³-hybridized carbons (Fsp3) is 0.480. The van der Waals surface area contributed by atoms with Crippen molar-refractivity contribution in [3.63, 3.8) is 0 Å². The van der Waals surface area contributed by atoms with E-state index >= 15 is 0 Å². The summed E-state index contributed by atoms with van der Waals surface area (Å²) >= 11 is 5.25. The number of nitrogens with two attached hydrogens (primary N) is 1. The number of anilines is 1. The number of nitrogen functional groups attached to an aromatic ring is 1. The van der Waals surface area contributed by atoms with E-state index < -0.39 is 0 Å². The van der Waals surface area contributed by atoms with Crippen molar-refractivity contribution in [2.75, 3.05) is 38.2 Å². The van der Waals surface area contributed by atoms with Crippen LogP contribution in [0.4, 0.5) is 5.82 Å². The average Bonchev–Trinajstić information content (AvgIpc) is 3.22. The Morgan fingerprint density at radius 1 is 1.12 bits per heavy atom. The van der Waals surface area contributed by atoms with Crippen molar-refractivity contribution in [3.8, 4) is 0 Å². The third kappa shape index (κ3) is 4.97. The molecule has 4 heterocycles. The molecule has 2 aliphatic rings. The second-order valence-electron chi connectivity index (χ2n) is 9.30. The molecule has 0 bridgehead atoms. The molecule has 0 saturated carbocycles. The SMILES string of the molecule is CSc1nc2cc(Br)ccc2n1C1CCN(C(=O)C2CCN(Cc3ccnc(N)c3)CC2)CC1. The molecule has 0 unspecified atom stereocenters. The normalized spacial score (nSPS) is 18.6. The van der Waals surface area contributed by atoms with Gasteiger partial charge in [0.1, 0.15) is 5.82 Å². The van der Waals surface area contributed by atoms with Gasteiger partial charge in [-0.25, -0.2) is 9.97 Å². The molecule has 3 aromatic rings. The van der Waals surface area contributed by atoms with Crippen molar-refractivity contribution >= 4 is 50.5 Å². The Morgan fingerprint density at radius 2 is 1.88 bits per heavy atom. The highest BCUT2D eigenvalue weighted by Crippen LogP contribution is 2.34. The van der Waals surface area contributed by atoms with Gasteiger partial charge in [-0.1, -0.05) is 27.7 Å². The Hall–Kier alpha value is -2.10. The predicted molar refractivity (Wildman–Crippen MR) is 141 cm³/mol. The van der Waals surface area contributed by atoms with E-state index in [1.165, 1.54) is 11.1 Å². The summed E-state index contributed by atoms with van der Waals surface area (Å²) in [5, 5.41) is 1.06. The van der Waals surface area contributed by atoms with E-state index in [4.69, 9.17) is 10.7 Å². The first-order chi connectivity index (χ1) is 16.5. The first-order valence-corrected chi connectivity index (χ1v) is 14.0. The van der Waals surface area contributed by atoms with Gasteiger partial charge in [-0.2, -0.15) is 0 Å². The highest BCUT2D eigenvalue weighted by atomic mass is 79.9. The van der Waals surface area contributed by atoms with Gasteiger partial charge in [0.25, 0.3) is 0 Å². The van der Waals surface area contributed by atoms with Gasteiger partial charge >= 0.3 is 0 Å². The zero-order valence-corrected chi connectivity index (χ0v) is 21.9. The number of hydrogen-bond acceptors (Lipinski definition) is 6. The monoisotopic (exact) mass is 542 g/mol. The minimum atomic E-state index is 0.142. The van der Waals surface area contributed by atoms with E-state index in [9.17, 15) is 4.79 Å². The van der Waals surface area contributed by atoms with Crippen molar-refractivity contribution in [2.45, 2.75) is 43.4 Å². The Balaban J connectivity index is 1.17. The van der Waals surface area contributed by atoms with E-state index in [0.29, 0.717) is 17.8 Å². The largest absolute Gasteiger partial charge is 0.384 e. The van der Waals surface area contributed by atoms with Gasteiger partial charge in [-0.15, -0.1) is 0 Å². The summed E-state index contributed by atoms with van der Waals surface area (Å²) in [5.41, 5.74) is 9.20. The van der Waals surface area contributed by atoms with E-state index in [1.54, 1.807) is 18.0 Å². The van der Waals surface area contributed by atoms with Gasteiger partial charge < -0.3 is 15.2 Å². The van der Waals surface area contributed by atoms with Crippen LogP contribution in [0.5, 0.6) is 0 Å². The van der Waals surface area contributed by atoms with E-state index in [1.807, 2.05) is 12.1 Å². The van der Waals surface area contributed by atoms with Crippen LogP contribution in [0.1, 0.15) is 37.3 Å². The lowest BCUT2D eigenvalue weighted by Crippen LogP contribution is -2.45. The lowest BCUT2D eigenvalue weighted by Gasteiger charge is -2.38. The highest BCUT2D eigenvalue weighted by Gasteiger charge is 2.32. The van der Waals surface area contributed by atoms with Crippen LogP contribution in [0.3, 0.4) is 0 Å². The number of likely N-dealkylation sites (tertiary alicyclic amines) is 2. The minimum absolute atomic E-state index is 0.142. The molecule has 2 saturated heterocycles. The number of aromatic nitrogens is 3. The maximum absolute atomic E-state index is 13.3. The van der Waals surface area contributed by atoms with Crippen molar-refractivity contribution in [1.82, 2.24) is 24.3 Å². The number of imidazole rings is 1. The second kappa shape index (κ2) is 10.3. The first kappa shape index (κ1) is 23.6. The first-order valence-electron chi connectivity index (χ1n) is 11.9. The second-order valence-corrected chi connectivity index (χ2v) is 11.0. The number of carbonyl (C=O) groups excluding carboxylic acids is 1. The quantitative estimate of drug-likeness (QED) is 0.475. The summed E-state index contributed by atoms with van der Waals surface area (Å²) in [6.07, 6.45) is 7.65. The van der Waals surface area contributed by atoms with Crippen molar-refractivity contribution in [3.05, 3.63) is 46.6 Å². The molecular weight excluding hydrogens is 512 g/mol.